The quantitative estimate of drug-likeness (QED) is 0.405. The van der Waals surface area contributed by atoms with Crippen molar-refractivity contribution in [2.24, 2.45) is 0 Å². The van der Waals surface area contributed by atoms with Gasteiger partial charge in [0.25, 0.3) is 5.91 Å². The molecular formula is C28H34F3N5O. The average Bonchev–Trinajstić information content (AvgIpc) is 3.23. The van der Waals surface area contributed by atoms with Crippen LogP contribution in [0.2, 0.25) is 0 Å². The summed E-state index contributed by atoms with van der Waals surface area (Å²) in [6.07, 6.45) is -3.72. The minimum absolute atomic E-state index is 0.243. The van der Waals surface area contributed by atoms with E-state index in [-0.39, 0.29) is 11.5 Å². The predicted molar refractivity (Wildman–Crippen MR) is 139 cm³/mol. The molecule has 0 radical (unpaired) electrons. The van der Waals surface area contributed by atoms with Gasteiger partial charge in [0.05, 0.1) is 23.5 Å². The lowest BCUT2D eigenvalue weighted by Gasteiger charge is -2.36. The summed E-state index contributed by atoms with van der Waals surface area (Å²) >= 11 is 0. The zero-order valence-electron chi connectivity index (χ0n) is 21.6. The lowest BCUT2D eigenvalue weighted by molar-refractivity contribution is -0.137. The van der Waals surface area contributed by atoms with Gasteiger partial charge in [0.2, 0.25) is 0 Å². The Morgan fingerprint density at radius 3 is 2.19 bits per heavy atom. The molecule has 1 fully saturated rings. The van der Waals surface area contributed by atoms with E-state index in [1.54, 1.807) is 4.90 Å². The maximum atomic E-state index is 13.5. The molecule has 0 unspecified atom stereocenters. The second-order valence-corrected chi connectivity index (χ2v) is 9.36. The van der Waals surface area contributed by atoms with E-state index < -0.39 is 11.7 Å². The van der Waals surface area contributed by atoms with E-state index in [0.29, 0.717) is 13.1 Å². The first-order valence-corrected chi connectivity index (χ1v) is 12.8. The third-order valence-corrected chi connectivity index (χ3v) is 6.87. The normalized spacial score (nSPS) is 14.7. The number of hydrogen-bond donors (Lipinski definition) is 0. The van der Waals surface area contributed by atoms with Crippen LogP contribution in [0.5, 0.6) is 0 Å². The first kappa shape index (κ1) is 26.7. The number of aryl methyl sites for hydroxylation is 1. The minimum Gasteiger partial charge on any atom is -0.354 e. The van der Waals surface area contributed by atoms with Crippen LogP contribution >= 0.6 is 0 Å². The first-order chi connectivity index (χ1) is 17.7. The van der Waals surface area contributed by atoms with Crippen molar-refractivity contribution in [3.8, 4) is 5.69 Å². The first-order valence-electron chi connectivity index (χ1n) is 12.8. The Bertz CT molecular complexity index is 1180. The predicted octanol–water partition coefficient (Wildman–Crippen LogP) is 5.39. The van der Waals surface area contributed by atoms with E-state index in [2.05, 4.69) is 16.7 Å². The van der Waals surface area contributed by atoms with Crippen LogP contribution in [0.15, 0.2) is 54.6 Å². The zero-order chi connectivity index (χ0) is 26.6. The number of carbonyl (C=O) groups is 1. The maximum absolute atomic E-state index is 13.5. The van der Waals surface area contributed by atoms with Gasteiger partial charge in [-0.1, -0.05) is 32.0 Å². The van der Waals surface area contributed by atoms with Crippen molar-refractivity contribution in [3.63, 3.8) is 0 Å². The van der Waals surface area contributed by atoms with E-state index in [1.165, 1.54) is 12.1 Å². The SMILES string of the molecule is CCCN(Cc1c(C)nn(-c2ccccc2)c1N1CCN(CC)CC1)C(=O)c1ccc(C(F)(F)F)cc1. The van der Waals surface area contributed by atoms with Gasteiger partial charge in [0.1, 0.15) is 5.82 Å². The Hall–Kier alpha value is -3.33. The van der Waals surface area contributed by atoms with Gasteiger partial charge >= 0.3 is 6.18 Å². The molecule has 2 aromatic carbocycles. The molecule has 4 rings (SSSR count). The van der Waals surface area contributed by atoms with Crippen molar-refractivity contribution in [1.29, 1.82) is 0 Å². The van der Waals surface area contributed by atoms with Crippen LogP contribution in [0.4, 0.5) is 19.0 Å². The number of likely N-dealkylation sites (N-methyl/N-ethyl adjacent to an activating group) is 1. The second kappa shape index (κ2) is 11.4. The molecule has 0 spiro atoms. The highest BCUT2D eigenvalue weighted by Gasteiger charge is 2.31. The van der Waals surface area contributed by atoms with Crippen LogP contribution in [0.25, 0.3) is 5.69 Å². The van der Waals surface area contributed by atoms with Gasteiger partial charge in [-0.2, -0.15) is 18.3 Å². The van der Waals surface area contributed by atoms with Gasteiger partial charge in [0, 0.05) is 43.9 Å². The van der Waals surface area contributed by atoms with Crippen molar-refractivity contribution in [1.82, 2.24) is 19.6 Å². The summed E-state index contributed by atoms with van der Waals surface area (Å²) in [5.74, 6) is 0.685. The maximum Gasteiger partial charge on any atom is 0.416 e. The Kier molecular flexibility index (Phi) is 8.22. The van der Waals surface area contributed by atoms with Gasteiger partial charge in [-0.3, -0.25) is 4.79 Å². The van der Waals surface area contributed by atoms with Gasteiger partial charge < -0.3 is 14.7 Å². The van der Waals surface area contributed by atoms with Gasteiger partial charge in [0.15, 0.2) is 0 Å². The molecule has 3 aromatic rings. The van der Waals surface area contributed by atoms with Crippen LogP contribution in [0, 0.1) is 6.92 Å². The smallest absolute Gasteiger partial charge is 0.354 e. The molecule has 6 nitrogen and oxygen atoms in total. The zero-order valence-corrected chi connectivity index (χ0v) is 21.6. The van der Waals surface area contributed by atoms with Gasteiger partial charge in [-0.15, -0.1) is 0 Å². The number of benzene rings is 2. The lowest BCUT2D eigenvalue weighted by Crippen LogP contribution is -2.47. The number of para-hydroxylation sites is 1. The van der Waals surface area contributed by atoms with E-state index in [1.807, 2.05) is 48.9 Å². The minimum atomic E-state index is -4.44. The lowest BCUT2D eigenvalue weighted by atomic mass is 10.1. The highest BCUT2D eigenvalue weighted by atomic mass is 19.4. The number of amides is 1. The molecule has 1 amide bonds. The Morgan fingerprint density at radius 1 is 0.973 bits per heavy atom. The van der Waals surface area contributed by atoms with Crippen LogP contribution < -0.4 is 4.90 Å². The summed E-state index contributed by atoms with van der Waals surface area (Å²) in [6, 6.07) is 14.4. The summed E-state index contributed by atoms with van der Waals surface area (Å²) in [5, 5.41) is 4.88. The summed E-state index contributed by atoms with van der Waals surface area (Å²) in [5.41, 5.74) is 2.22. The highest BCUT2D eigenvalue weighted by molar-refractivity contribution is 5.94. The molecule has 2 heterocycles. The summed E-state index contributed by atoms with van der Waals surface area (Å²) in [4.78, 5) is 19.9. The van der Waals surface area contributed by atoms with E-state index in [0.717, 1.165) is 74.0 Å². The number of halogens is 3. The molecule has 198 valence electrons. The number of hydrogen-bond acceptors (Lipinski definition) is 4. The molecule has 9 heteroatoms. The van der Waals surface area contributed by atoms with Crippen molar-refractivity contribution in [3.05, 3.63) is 77.0 Å². The number of aromatic nitrogens is 2. The monoisotopic (exact) mass is 513 g/mol. The number of nitrogens with zero attached hydrogens (tertiary/aromatic N) is 5. The number of piperazine rings is 1. The number of anilines is 1. The van der Waals surface area contributed by atoms with Crippen LogP contribution in [-0.4, -0.2) is 64.8 Å². The third-order valence-electron chi connectivity index (χ3n) is 6.87. The summed E-state index contributed by atoms with van der Waals surface area (Å²) in [6.45, 7) is 11.5. The molecule has 0 aliphatic carbocycles. The summed E-state index contributed by atoms with van der Waals surface area (Å²) < 4.78 is 41.0. The summed E-state index contributed by atoms with van der Waals surface area (Å²) in [7, 11) is 0. The molecule has 37 heavy (non-hydrogen) atoms. The van der Waals surface area contributed by atoms with Crippen molar-refractivity contribution in [2.45, 2.75) is 39.9 Å². The topological polar surface area (TPSA) is 44.6 Å². The van der Waals surface area contributed by atoms with Crippen molar-refractivity contribution >= 4 is 11.7 Å². The highest BCUT2D eigenvalue weighted by Crippen LogP contribution is 2.31. The molecule has 1 aromatic heterocycles. The molecule has 1 aliphatic heterocycles. The fourth-order valence-electron chi connectivity index (χ4n) is 4.78. The van der Waals surface area contributed by atoms with Crippen LogP contribution in [-0.2, 0) is 12.7 Å². The number of rotatable bonds is 8. The average molecular weight is 514 g/mol. The largest absolute Gasteiger partial charge is 0.416 e. The number of carbonyl (C=O) groups excluding carboxylic acids is 1. The molecule has 0 N–H and O–H groups in total. The molecule has 0 saturated carbocycles. The van der Waals surface area contributed by atoms with Crippen molar-refractivity contribution in [2.75, 3.05) is 44.2 Å². The Balaban J connectivity index is 1.69. The third kappa shape index (κ3) is 5.98. The van der Waals surface area contributed by atoms with E-state index >= 15 is 0 Å². The molecular weight excluding hydrogens is 479 g/mol. The Morgan fingerprint density at radius 2 is 1.62 bits per heavy atom. The van der Waals surface area contributed by atoms with Crippen LogP contribution in [0.3, 0.4) is 0 Å². The van der Waals surface area contributed by atoms with E-state index in [9.17, 15) is 18.0 Å². The molecule has 1 saturated heterocycles. The standard InChI is InChI=1S/C28H34F3N5O/c1-4-15-35(27(37)22-11-13-23(14-12-22)28(29,30)31)20-25-21(3)32-36(24-9-7-6-8-10-24)26(25)34-18-16-33(5-2)17-19-34/h6-14H,4-5,15-20H2,1-3H3. The van der Waals surface area contributed by atoms with Gasteiger partial charge in [-0.05, 0) is 56.3 Å². The second-order valence-electron chi connectivity index (χ2n) is 9.36. The van der Waals surface area contributed by atoms with Crippen LogP contribution in [0.1, 0.15) is 47.4 Å². The molecule has 1 aliphatic rings. The molecule has 0 bridgehead atoms. The van der Waals surface area contributed by atoms with Crippen molar-refractivity contribution < 1.29 is 18.0 Å². The van der Waals surface area contributed by atoms with Gasteiger partial charge in [-0.25, -0.2) is 4.68 Å². The van der Waals surface area contributed by atoms with E-state index in [4.69, 9.17) is 5.10 Å². The Labute approximate surface area is 216 Å². The number of alkyl halides is 3. The fourth-order valence-corrected chi connectivity index (χ4v) is 4.78. The molecule has 0 atom stereocenters. The fraction of sp³-hybridized carbons (Fsp3) is 0.429.